The lowest BCUT2D eigenvalue weighted by Gasteiger charge is -2.42. The molecule has 2 atom stereocenters. The summed E-state index contributed by atoms with van der Waals surface area (Å²) >= 11 is 1.37. The third kappa shape index (κ3) is 4.72. The third-order valence-corrected chi connectivity index (χ3v) is 7.24. The Kier molecular flexibility index (Phi) is 6.77. The number of carbonyl (C=O) groups excluding carboxylic acids is 3. The average Bonchev–Trinajstić information content (AvgIpc) is 3.23. The number of nitrogens with zero attached hydrogens (tertiary/aromatic N) is 1. The smallest absolute Gasteiger partial charge is 0.356 e. The van der Waals surface area contributed by atoms with Gasteiger partial charge in [0.15, 0.2) is 12.7 Å². The predicted octanol–water partition coefficient (Wildman–Crippen LogP) is 4.03. The normalized spacial score (nSPS) is 18.5. The molecule has 0 radical (unpaired) electrons. The lowest BCUT2D eigenvalue weighted by atomic mass is 10.0. The molecular weight excluding hydrogens is 476 g/mol. The first kappa shape index (κ1) is 23.7. The molecule has 5 rings (SSSR count). The number of ether oxygens (including phenoxy) is 2. The molecule has 0 aromatic heterocycles. The molecule has 1 N–H and O–H groups in total. The summed E-state index contributed by atoms with van der Waals surface area (Å²) in [7, 11) is 0. The van der Waals surface area contributed by atoms with Crippen LogP contribution in [0, 0.1) is 0 Å². The SMILES string of the molecule is CC1=C(C(=O)OC(c2ccccc2)c2ccccc2)N2C(=O)[C@@H](NC(=O)COc3ccccc3)[C@H]2S1. The molecule has 36 heavy (non-hydrogen) atoms. The molecule has 2 aliphatic heterocycles. The van der Waals surface area contributed by atoms with E-state index < -0.39 is 29.4 Å². The summed E-state index contributed by atoms with van der Waals surface area (Å²) in [5, 5.41) is 2.33. The molecule has 1 saturated heterocycles. The van der Waals surface area contributed by atoms with Crippen LogP contribution in [0.5, 0.6) is 5.75 Å². The summed E-state index contributed by atoms with van der Waals surface area (Å²) in [5.74, 6) is -0.760. The number of carbonyl (C=O) groups is 3. The lowest BCUT2D eigenvalue weighted by Crippen LogP contribution is -2.68. The maximum atomic E-state index is 13.3. The van der Waals surface area contributed by atoms with Crippen LogP contribution in [0.25, 0.3) is 0 Å². The fourth-order valence-corrected chi connectivity index (χ4v) is 5.52. The van der Waals surface area contributed by atoms with Crippen molar-refractivity contribution in [1.82, 2.24) is 10.2 Å². The van der Waals surface area contributed by atoms with Crippen LogP contribution in [0.4, 0.5) is 0 Å². The lowest BCUT2D eigenvalue weighted by molar-refractivity contribution is -0.154. The molecule has 0 aliphatic carbocycles. The fraction of sp³-hybridized carbons (Fsp3) is 0.179. The Labute approximate surface area is 213 Å². The number of rotatable bonds is 8. The van der Waals surface area contributed by atoms with Crippen molar-refractivity contribution in [2.24, 2.45) is 0 Å². The largest absolute Gasteiger partial charge is 0.484 e. The van der Waals surface area contributed by atoms with Gasteiger partial charge in [0.2, 0.25) is 0 Å². The molecule has 7 nitrogen and oxygen atoms in total. The van der Waals surface area contributed by atoms with Gasteiger partial charge in [-0.2, -0.15) is 0 Å². The van der Waals surface area contributed by atoms with Gasteiger partial charge in [0, 0.05) is 4.91 Å². The van der Waals surface area contributed by atoms with Crippen LogP contribution in [-0.2, 0) is 19.1 Å². The third-order valence-electron chi connectivity index (χ3n) is 5.97. The Bertz CT molecular complexity index is 1260. The van der Waals surface area contributed by atoms with Gasteiger partial charge in [0.05, 0.1) is 0 Å². The second-order valence-electron chi connectivity index (χ2n) is 8.38. The number of nitrogens with one attached hydrogen (secondary N) is 1. The molecule has 182 valence electrons. The van der Waals surface area contributed by atoms with E-state index >= 15 is 0 Å². The second-order valence-corrected chi connectivity index (χ2v) is 9.71. The van der Waals surface area contributed by atoms with E-state index in [9.17, 15) is 14.4 Å². The topological polar surface area (TPSA) is 84.9 Å². The zero-order chi connectivity index (χ0) is 25.1. The van der Waals surface area contributed by atoms with Crippen LogP contribution in [-0.4, -0.2) is 40.7 Å². The quantitative estimate of drug-likeness (QED) is 0.371. The molecular formula is C28H24N2O5S. The van der Waals surface area contributed by atoms with Gasteiger partial charge in [-0.25, -0.2) is 4.79 Å². The number of hydrogen-bond acceptors (Lipinski definition) is 6. The zero-order valence-corrected chi connectivity index (χ0v) is 20.3. The van der Waals surface area contributed by atoms with Gasteiger partial charge in [-0.3, -0.25) is 14.5 Å². The number of esters is 1. The Morgan fingerprint density at radius 3 is 2.06 bits per heavy atom. The standard InChI is InChI=1S/C28H24N2O5S/c1-18-24(28(33)35-25(19-11-5-2-6-12-19)20-13-7-3-8-14-20)30-26(32)23(27(30)36-18)29-22(31)17-34-21-15-9-4-10-16-21/h2-16,23,25,27H,17H2,1H3,(H,29,31)/t23-,27-/m1/s1. The molecule has 3 aromatic rings. The highest BCUT2D eigenvalue weighted by Gasteiger charge is 2.56. The Morgan fingerprint density at radius 1 is 0.917 bits per heavy atom. The molecule has 0 unspecified atom stereocenters. The summed E-state index contributed by atoms with van der Waals surface area (Å²) in [6, 6.07) is 27.2. The van der Waals surface area contributed by atoms with E-state index in [0.717, 1.165) is 11.1 Å². The number of hydrogen-bond donors (Lipinski definition) is 1. The Balaban J connectivity index is 1.25. The van der Waals surface area contributed by atoms with Gasteiger partial charge in [0.25, 0.3) is 11.8 Å². The second kappa shape index (κ2) is 10.3. The molecule has 0 bridgehead atoms. The van der Waals surface area contributed by atoms with Gasteiger partial charge in [-0.05, 0) is 30.2 Å². The van der Waals surface area contributed by atoms with Crippen molar-refractivity contribution in [1.29, 1.82) is 0 Å². The number of thioether (sulfide) groups is 1. The van der Waals surface area contributed by atoms with Gasteiger partial charge in [0.1, 0.15) is 22.9 Å². The van der Waals surface area contributed by atoms with Crippen molar-refractivity contribution in [3.8, 4) is 5.75 Å². The predicted molar refractivity (Wildman–Crippen MR) is 136 cm³/mol. The molecule has 2 aliphatic rings. The van der Waals surface area contributed by atoms with Crippen LogP contribution in [0.15, 0.2) is 102 Å². The molecule has 2 heterocycles. The van der Waals surface area contributed by atoms with Crippen LogP contribution in [0.2, 0.25) is 0 Å². The fourth-order valence-electron chi connectivity index (χ4n) is 4.23. The first-order chi connectivity index (χ1) is 17.5. The maximum absolute atomic E-state index is 13.3. The highest BCUT2D eigenvalue weighted by molar-refractivity contribution is 8.04. The molecule has 8 heteroatoms. The highest BCUT2D eigenvalue weighted by Crippen LogP contribution is 2.46. The Hall–Kier alpha value is -4.04. The van der Waals surface area contributed by atoms with E-state index in [1.807, 2.05) is 78.9 Å². The number of benzene rings is 3. The van der Waals surface area contributed by atoms with E-state index in [1.54, 1.807) is 19.1 Å². The van der Waals surface area contributed by atoms with E-state index in [1.165, 1.54) is 16.7 Å². The summed E-state index contributed by atoms with van der Waals surface area (Å²) in [4.78, 5) is 40.8. The van der Waals surface area contributed by atoms with Crippen LogP contribution in [0.3, 0.4) is 0 Å². The van der Waals surface area contributed by atoms with Crippen molar-refractivity contribution in [2.45, 2.75) is 24.4 Å². The first-order valence-corrected chi connectivity index (χ1v) is 12.4. The summed E-state index contributed by atoms with van der Waals surface area (Å²) in [6.45, 7) is 1.58. The van der Waals surface area contributed by atoms with E-state index in [4.69, 9.17) is 9.47 Å². The van der Waals surface area contributed by atoms with Crippen molar-refractivity contribution >= 4 is 29.5 Å². The van der Waals surface area contributed by atoms with Crippen LogP contribution >= 0.6 is 11.8 Å². The highest BCUT2D eigenvalue weighted by atomic mass is 32.2. The van der Waals surface area contributed by atoms with Crippen LogP contribution in [0.1, 0.15) is 24.2 Å². The van der Waals surface area contributed by atoms with Gasteiger partial charge < -0.3 is 14.8 Å². The zero-order valence-electron chi connectivity index (χ0n) is 19.5. The summed E-state index contributed by atoms with van der Waals surface area (Å²) in [5.41, 5.74) is 1.88. The molecule has 0 spiro atoms. The number of allylic oxidation sites excluding steroid dienone is 1. The first-order valence-electron chi connectivity index (χ1n) is 11.5. The molecule has 3 aromatic carbocycles. The average molecular weight is 501 g/mol. The van der Waals surface area contributed by atoms with Gasteiger partial charge >= 0.3 is 5.97 Å². The van der Waals surface area contributed by atoms with E-state index in [2.05, 4.69) is 5.32 Å². The van der Waals surface area contributed by atoms with Crippen LogP contribution < -0.4 is 10.1 Å². The molecule has 0 saturated carbocycles. The summed E-state index contributed by atoms with van der Waals surface area (Å²) < 4.78 is 11.4. The summed E-state index contributed by atoms with van der Waals surface area (Å²) in [6.07, 6.45) is -0.619. The van der Waals surface area contributed by atoms with Crippen molar-refractivity contribution in [3.05, 3.63) is 113 Å². The number of para-hydroxylation sites is 1. The Morgan fingerprint density at radius 2 is 1.47 bits per heavy atom. The van der Waals surface area contributed by atoms with Crippen molar-refractivity contribution < 1.29 is 23.9 Å². The monoisotopic (exact) mass is 500 g/mol. The van der Waals surface area contributed by atoms with Gasteiger partial charge in [-0.15, -0.1) is 11.8 Å². The minimum atomic E-state index is -0.735. The number of fused-ring (bicyclic) bond motifs is 1. The maximum Gasteiger partial charge on any atom is 0.356 e. The van der Waals surface area contributed by atoms with Crippen molar-refractivity contribution in [3.63, 3.8) is 0 Å². The molecule has 1 fully saturated rings. The number of β-lactam (4-membered cyclic amide) rings is 1. The minimum absolute atomic E-state index is 0.206. The van der Waals surface area contributed by atoms with Gasteiger partial charge in [-0.1, -0.05) is 78.9 Å². The molecule has 2 amide bonds. The van der Waals surface area contributed by atoms with Crippen molar-refractivity contribution in [2.75, 3.05) is 6.61 Å². The minimum Gasteiger partial charge on any atom is -0.484 e. The van der Waals surface area contributed by atoms with E-state index in [-0.39, 0.29) is 18.2 Å². The van der Waals surface area contributed by atoms with E-state index in [0.29, 0.717) is 10.7 Å². The number of amides is 2.